The summed E-state index contributed by atoms with van der Waals surface area (Å²) in [5, 5.41) is 14.7. The lowest BCUT2D eigenvalue weighted by atomic mass is 10.1. The number of hydrogen-bond donors (Lipinski definition) is 1. The number of benzene rings is 1. The third-order valence-electron chi connectivity index (χ3n) is 2.44. The number of halogens is 1. The molecule has 0 radical (unpaired) electrons. The van der Waals surface area contributed by atoms with E-state index in [2.05, 4.69) is 10.3 Å². The Balaban J connectivity index is 1.92. The zero-order valence-corrected chi connectivity index (χ0v) is 10.7. The molecular formula is C13H12FN3S. The van der Waals surface area contributed by atoms with Gasteiger partial charge in [-0.1, -0.05) is 6.07 Å². The van der Waals surface area contributed by atoms with Crippen LogP contribution in [0.2, 0.25) is 0 Å². The minimum absolute atomic E-state index is 0.340. The van der Waals surface area contributed by atoms with Gasteiger partial charge in [-0.3, -0.25) is 0 Å². The molecule has 0 aliphatic carbocycles. The molecule has 0 saturated heterocycles. The van der Waals surface area contributed by atoms with Gasteiger partial charge in [-0.05, 0) is 19.1 Å². The largest absolute Gasteiger partial charge is 0.306 e. The van der Waals surface area contributed by atoms with Crippen molar-refractivity contribution >= 4 is 11.3 Å². The van der Waals surface area contributed by atoms with Gasteiger partial charge in [0.05, 0.1) is 11.6 Å². The maximum atomic E-state index is 13.6. The number of nitrogens with one attached hydrogen (secondary N) is 1. The van der Waals surface area contributed by atoms with Gasteiger partial charge >= 0.3 is 0 Å². The summed E-state index contributed by atoms with van der Waals surface area (Å²) in [5.41, 5.74) is 1.90. The van der Waals surface area contributed by atoms with E-state index in [0.717, 1.165) is 10.7 Å². The van der Waals surface area contributed by atoms with Crippen molar-refractivity contribution in [1.82, 2.24) is 10.3 Å². The molecule has 2 rings (SSSR count). The van der Waals surface area contributed by atoms with E-state index in [1.807, 2.05) is 18.4 Å². The SMILES string of the molecule is Cc1csc(CNCc2ccc(C#N)cc2F)n1. The summed E-state index contributed by atoms with van der Waals surface area (Å²) < 4.78 is 13.6. The van der Waals surface area contributed by atoms with Crippen LogP contribution in [0.4, 0.5) is 4.39 Å². The van der Waals surface area contributed by atoms with E-state index in [1.165, 1.54) is 6.07 Å². The molecule has 5 heteroatoms. The quantitative estimate of drug-likeness (QED) is 0.920. The molecule has 2 aromatic rings. The summed E-state index contributed by atoms with van der Waals surface area (Å²) in [7, 11) is 0. The van der Waals surface area contributed by atoms with Gasteiger partial charge in [-0.25, -0.2) is 9.37 Å². The molecule has 1 N–H and O–H groups in total. The van der Waals surface area contributed by atoms with E-state index in [-0.39, 0.29) is 5.82 Å². The second kappa shape index (κ2) is 5.71. The number of aromatic nitrogens is 1. The van der Waals surface area contributed by atoms with Crippen molar-refractivity contribution in [2.45, 2.75) is 20.0 Å². The first-order chi connectivity index (χ1) is 8.69. The Morgan fingerprint density at radius 3 is 2.89 bits per heavy atom. The van der Waals surface area contributed by atoms with Crippen LogP contribution in [0.5, 0.6) is 0 Å². The number of nitriles is 1. The van der Waals surface area contributed by atoms with Crippen LogP contribution in [0, 0.1) is 24.1 Å². The van der Waals surface area contributed by atoms with Crippen molar-refractivity contribution in [3.63, 3.8) is 0 Å². The molecule has 0 unspecified atom stereocenters. The van der Waals surface area contributed by atoms with Gasteiger partial charge in [-0.2, -0.15) is 5.26 Å². The number of rotatable bonds is 4. The van der Waals surface area contributed by atoms with E-state index >= 15 is 0 Å². The molecule has 0 amide bonds. The molecule has 1 heterocycles. The minimum atomic E-state index is -0.350. The number of aryl methyl sites for hydroxylation is 1. The molecule has 0 atom stereocenters. The summed E-state index contributed by atoms with van der Waals surface area (Å²) in [5.74, 6) is -0.350. The van der Waals surface area contributed by atoms with Crippen LogP contribution in [-0.4, -0.2) is 4.98 Å². The highest BCUT2D eigenvalue weighted by atomic mass is 32.1. The van der Waals surface area contributed by atoms with Crippen LogP contribution < -0.4 is 5.32 Å². The second-order valence-corrected chi connectivity index (χ2v) is 4.85. The standard InChI is InChI=1S/C13H12FN3S/c1-9-8-18-13(17-9)7-16-6-11-3-2-10(5-15)4-12(11)14/h2-4,8,16H,6-7H2,1H3. The van der Waals surface area contributed by atoms with Crippen LogP contribution >= 0.6 is 11.3 Å². The van der Waals surface area contributed by atoms with Crippen LogP contribution in [0.25, 0.3) is 0 Å². The van der Waals surface area contributed by atoms with E-state index in [4.69, 9.17) is 5.26 Å². The maximum Gasteiger partial charge on any atom is 0.129 e. The summed E-state index contributed by atoms with van der Waals surface area (Å²) >= 11 is 1.58. The Bertz CT molecular complexity index is 586. The van der Waals surface area contributed by atoms with E-state index in [1.54, 1.807) is 23.5 Å². The summed E-state index contributed by atoms with van der Waals surface area (Å²) in [6.07, 6.45) is 0. The topological polar surface area (TPSA) is 48.7 Å². The Hall–Kier alpha value is -1.77. The number of nitrogens with zero attached hydrogens (tertiary/aromatic N) is 2. The van der Waals surface area contributed by atoms with Crippen LogP contribution in [0.15, 0.2) is 23.6 Å². The van der Waals surface area contributed by atoms with Gasteiger partial charge in [0.25, 0.3) is 0 Å². The van der Waals surface area contributed by atoms with E-state index in [9.17, 15) is 4.39 Å². The predicted octanol–water partition coefficient (Wildman–Crippen LogP) is 2.75. The molecule has 0 spiro atoms. The lowest BCUT2D eigenvalue weighted by molar-refractivity contribution is 0.587. The smallest absolute Gasteiger partial charge is 0.129 e. The molecule has 18 heavy (non-hydrogen) atoms. The van der Waals surface area contributed by atoms with Gasteiger partial charge in [0.2, 0.25) is 0 Å². The van der Waals surface area contributed by atoms with Crippen LogP contribution in [-0.2, 0) is 13.1 Å². The fourth-order valence-electron chi connectivity index (χ4n) is 1.55. The molecule has 0 saturated carbocycles. The van der Waals surface area contributed by atoms with Crippen LogP contribution in [0.1, 0.15) is 21.8 Å². The van der Waals surface area contributed by atoms with Gasteiger partial charge in [0, 0.05) is 29.7 Å². The zero-order chi connectivity index (χ0) is 13.0. The van der Waals surface area contributed by atoms with Crippen molar-refractivity contribution in [2.75, 3.05) is 0 Å². The second-order valence-electron chi connectivity index (χ2n) is 3.90. The van der Waals surface area contributed by atoms with Crippen molar-refractivity contribution in [1.29, 1.82) is 5.26 Å². The van der Waals surface area contributed by atoms with Gasteiger partial charge in [-0.15, -0.1) is 11.3 Å². The summed E-state index contributed by atoms with van der Waals surface area (Å²) in [6.45, 7) is 2.99. The highest BCUT2D eigenvalue weighted by Crippen LogP contribution is 2.11. The predicted molar refractivity (Wildman–Crippen MR) is 68.5 cm³/mol. The average Bonchev–Trinajstić information content (AvgIpc) is 2.77. The van der Waals surface area contributed by atoms with Crippen molar-refractivity contribution < 1.29 is 4.39 Å². The number of hydrogen-bond acceptors (Lipinski definition) is 4. The molecule has 92 valence electrons. The van der Waals surface area contributed by atoms with Gasteiger partial charge in [0.15, 0.2) is 0 Å². The molecule has 0 fully saturated rings. The van der Waals surface area contributed by atoms with E-state index in [0.29, 0.717) is 24.2 Å². The van der Waals surface area contributed by atoms with Gasteiger partial charge in [0.1, 0.15) is 10.8 Å². The number of thiazole rings is 1. The highest BCUT2D eigenvalue weighted by Gasteiger charge is 2.04. The lowest BCUT2D eigenvalue weighted by Crippen LogP contribution is -2.13. The molecule has 3 nitrogen and oxygen atoms in total. The molecule has 0 aliphatic heterocycles. The van der Waals surface area contributed by atoms with Crippen molar-refractivity contribution in [2.24, 2.45) is 0 Å². The minimum Gasteiger partial charge on any atom is -0.306 e. The van der Waals surface area contributed by atoms with Crippen molar-refractivity contribution in [3.8, 4) is 6.07 Å². The summed E-state index contributed by atoms with van der Waals surface area (Å²) in [4.78, 5) is 4.31. The maximum absolute atomic E-state index is 13.6. The fourth-order valence-corrected chi connectivity index (χ4v) is 2.29. The fraction of sp³-hybridized carbons (Fsp3) is 0.231. The first kappa shape index (κ1) is 12.7. The third-order valence-corrected chi connectivity index (χ3v) is 3.41. The first-order valence-electron chi connectivity index (χ1n) is 5.49. The molecule has 1 aromatic carbocycles. The van der Waals surface area contributed by atoms with Crippen molar-refractivity contribution in [3.05, 3.63) is 51.2 Å². The van der Waals surface area contributed by atoms with E-state index < -0.39 is 0 Å². The lowest BCUT2D eigenvalue weighted by Gasteiger charge is -2.04. The Kier molecular flexibility index (Phi) is 4.03. The average molecular weight is 261 g/mol. The normalized spacial score (nSPS) is 10.3. The first-order valence-corrected chi connectivity index (χ1v) is 6.37. The highest BCUT2D eigenvalue weighted by molar-refractivity contribution is 7.09. The monoisotopic (exact) mass is 261 g/mol. The third kappa shape index (κ3) is 3.13. The summed E-state index contributed by atoms with van der Waals surface area (Å²) in [6, 6.07) is 6.42. The Morgan fingerprint density at radius 2 is 2.28 bits per heavy atom. The molecule has 0 aliphatic rings. The van der Waals surface area contributed by atoms with Crippen LogP contribution in [0.3, 0.4) is 0 Å². The Labute approximate surface area is 109 Å². The molecule has 1 aromatic heterocycles. The Morgan fingerprint density at radius 1 is 1.44 bits per heavy atom. The van der Waals surface area contributed by atoms with Gasteiger partial charge < -0.3 is 5.32 Å². The molecule has 0 bridgehead atoms. The molecular weight excluding hydrogens is 249 g/mol. The zero-order valence-electron chi connectivity index (χ0n) is 9.90.